The van der Waals surface area contributed by atoms with E-state index in [0.717, 1.165) is 33.7 Å². The van der Waals surface area contributed by atoms with Crippen molar-refractivity contribution >= 4 is 23.0 Å². The quantitative estimate of drug-likeness (QED) is 0.448. The Morgan fingerprint density at radius 3 is 2.52 bits per heavy atom. The van der Waals surface area contributed by atoms with E-state index in [1.54, 1.807) is 22.8 Å². The lowest BCUT2D eigenvalue weighted by Crippen LogP contribution is -2.22. The molecule has 0 aliphatic heterocycles. The van der Waals surface area contributed by atoms with Crippen molar-refractivity contribution in [3.63, 3.8) is 0 Å². The van der Waals surface area contributed by atoms with Gasteiger partial charge in [-0.25, -0.2) is 13.9 Å². The molecule has 0 N–H and O–H groups in total. The minimum Gasteiger partial charge on any atom is -0.294 e. The number of carbonyl (C=O) groups excluding carboxylic acids is 1. The van der Waals surface area contributed by atoms with Crippen molar-refractivity contribution in [2.24, 2.45) is 0 Å². The number of ketones is 1. The summed E-state index contributed by atoms with van der Waals surface area (Å²) < 4.78 is 15.1. The molecule has 2 heterocycles. The van der Waals surface area contributed by atoms with Gasteiger partial charge in [-0.15, -0.1) is 0 Å². The van der Waals surface area contributed by atoms with Crippen LogP contribution in [0.3, 0.4) is 0 Å². The molecule has 0 radical (unpaired) electrons. The average molecular weight is 406 g/mol. The van der Waals surface area contributed by atoms with E-state index < -0.39 is 0 Å². The maximum absolute atomic E-state index is 13.3. The molecule has 0 spiro atoms. The Morgan fingerprint density at radius 2 is 1.79 bits per heavy atom. The zero-order chi connectivity index (χ0) is 20.1. The third-order valence-corrected chi connectivity index (χ3v) is 5.82. The SMILES string of the molecule is Cc1nn2c3c(cnc2c1-c1ccc(Cl)cc1)C(=O)C[C@@H](c1ccc(F)cc1)C3. The van der Waals surface area contributed by atoms with Crippen molar-refractivity contribution in [1.29, 1.82) is 0 Å². The second kappa shape index (κ2) is 6.78. The van der Waals surface area contributed by atoms with Gasteiger partial charge in [0.25, 0.3) is 0 Å². The summed E-state index contributed by atoms with van der Waals surface area (Å²) in [7, 11) is 0. The Hall–Kier alpha value is -3.05. The molecule has 4 nitrogen and oxygen atoms in total. The average Bonchev–Trinajstić information content (AvgIpc) is 3.05. The molecule has 1 atom stereocenters. The number of nitrogens with zero attached hydrogens (tertiary/aromatic N) is 3. The summed E-state index contributed by atoms with van der Waals surface area (Å²) in [5.41, 5.74) is 5.88. The standard InChI is InChI=1S/C23H17ClFN3O/c1-13-22(15-2-6-17(24)7-3-15)23-26-12-19-20(28(23)27-13)10-16(11-21(19)29)14-4-8-18(25)9-5-14/h2-9,12,16H,10-11H2,1H3/t16-/m0/s1. The lowest BCUT2D eigenvalue weighted by Gasteiger charge is -2.24. The highest BCUT2D eigenvalue weighted by Crippen LogP contribution is 2.35. The normalized spacial score (nSPS) is 16.2. The fourth-order valence-corrected chi connectivity index (χ4v) is 4.26. The van der Waals surface area contributed by atoms with Crippen LogP contribution in [0.15, 0.2) is 54.7 Å². The molecule has 2 aromatic carbocycles. The van der Waals surface area contributed by atoms with Crippen molar-refractivity contribution in [3.8, 4) is 11.1 Å². The van der Waals surface area contributed by atoms with Gasteiger partial charge >= 0.3 is 0 Å². The van der Waals surface area contributed by atoms with Crippen LogP contribution in [-0.4, -0.2) is 20.4 Å². The Balaban J connectivity index is 1.65. The molecule has 0 saturated carbocycles. The van der Waals surface area contributed by atoms with Crippen molar-refractivity contribution in [2.75, 3.05) is 0 Å². The van der Waals surface area contributed by atoms with E-state index in [2.05, 4.69) is 4.98 Å². The molecule has 0 bridgehead atoms. The molecule has 1 aliphatic carbocycles. The van der Waals surface area contributed by atoms with Crippen LogP contribution in [0.1, 0.15) is 39.6 Å². The van der Waals surface area contributed by atoms with Crippen LogP contribution in [0.5, 0.6) is 0 Å². The van der Waals surface area contributed by atoms with Crippen LogP contribution in [0.2, 0.25) is 5.02 Å². The molecular weight excluding hydrogens is 389 g/mol. The van der Waals surface area contributed by atoms with Crippen LogP contribution in [0, 0.1) is 12.7 Å². The summed E-state index contributed by atoms with van der Waals surface area (Å²) in [6.45, 7) is 1.94. The third kappa shape index (κ3) is 3.02. The van der Waals surface area contributed by atoms with E-state index in [4.69, 9.17) is 16.7 Å². The van der Waals surface area contributed by atoms with E-state index in [9.17, 15) is 9.18 Å². The van der Waals surface area contributed by atoms with Gasteiger partial charge in [0, 0.05) is 23.2 Å². The van der Waals surface area contributed by atoms with Gasteiger partial charge in [0.2, 0.25) is 0 Å². The predicted molar refractivity (Wildman–Crippen MR) is 110 cm³/mol. The first-order chi connectivity index (χ1) is 14.0. The number of fused-ring (bicyclic) bond motifs is 3. The maximum atomic E-state index is 13.3. The predicted octanol–water partition coefficient (Wildman–Crippen LogP) is 5.41. The first-order valence-electron chi connectivity index (χ1n) is 9.43. The van der Waals surface area contributed by atoms with Crippen molar-refractivity contribution < 1.29 is 9.18 Å². The van der Waals surface area contributed by atoms with Crippen molar-refractivity contribution in [3.05, 3.63) is 88.1 Å². The van der Waals surface area contributed by atoms with Gasteiger partial charge in [0.05, 0.1) is 17.0 Å². The molecule has 0 fully saturated rings. The highest BCUT2D eigenvalue weighted by molar-refractivity contribution is 6.30. The van der Waals surface area contributed by atoms with E-state index in [0.29, 0.717) is 23.4 Å². The summed E-state index contributed by atoms with van der Waals surface area (Å²) in [4.78, 5) is 17.4. The van der Waals surface area contributed by atoms with Gasteiger partial charge in [-0.1, -0.05) is 35.9 Å². The van der Waals surface area contributed by atoms with Crippen molar-refractivity contribution in [1.82, 2.24) is 14.6 Å². The Kier molecular flexibility index (Phi) is 4.21. The third-order valence-electron chi connectivity index (χ3n) is 5.56. The number of halogens is 2. The largest absolute Gasteiger partial charge is 0.294 e. The summed E-state index contributed by atoms with van der Waals surface area (Å²) in [5, 5.41) is 5.38. The van der Waals surface area contributed by atoms with E-state index in [1.807, 2.05) is 31.2 Å². The highest BCUT2D eigenvalue weighted by atomic mass is 35.5. The molecule has 0 amide bonds. The monoisotopic (exact) mass is 405 g/mol. The highest BCUT2D eigenvalue weighted by Gasteiger charge is 2.30. The molecule has 2 aromatic heterocycles. The number of hydrogen-bond acceptors (Lipinski definition) is 3. The number of Topliss-reactive ketones (excluding diaryl/α,β-unsaturated/α-hetero) is 1. The Morgan fingerprint density at radius 1 is 1.07 bits per heavy atom. The Labute approximate surface area is 172 Å². The minimum atomic E-state index is -0.279. The van der Waals surface area contributed by atoms with Gasteiger partial charge in [-0.3, -0.25) is 4.79 Å². The van der Waals surface area contributed by atoms with Crippen LogP contribution >= 0.6 is 11.6 Å². The maximum Gasteiger partial charge on any atom is 0.166 e. The van der Waals surface area contributed by atoms with Crippen molar-refractivity contribution in [2.45, 2.75) is 25.7 Å². The van der Waals surface area contributed by atoms with Gasteiger partial charge in [-0.2, -0.15) is 5.10 Å². The molecule has 6 heteroatoms. The molecule has 4 aromatic rings. The van der Waals surface area contributed by atoms with Crippen LogP contribution in [0.25, 0.3) is 16.8 Å². The molecule has 144 valence electrons. The number of aromatic nitrogens is 3. The Bertz CT molecular complexity index is 1250. The zero-order valence-corrected chi connectivity index (χ0v) is 16.4. The van der Waals surface area contributed by atoms with Crippen LogP contribution < -0.4 is 0 Å². The van der Waals surface area contributed by atoms with E-state index in [1.165, 1.54) is 12.1 Å². The zero-order valence-electron chi connectivity index (χ0n) is 15.7. The fourth-order valence-electron chi connectivity index (χ4n) is 4.13. The number of rotatable bonds is 2. The fraction of sp³-hybridized carbons (Fsp3) is 0.174. The summed E-state index contributed by atoms with van der Waals surface area (Å²) in [6.07, 6.45) is 2.69. The van der Waals surface area contributed by atoms with Gasteiger partial charge < -0.3 is 0 Å². The van der Waals surface area contributed by atoms with Gasteiger partial charge in [0.1, 0.15) is 5.82 Å². The van der Waals surface area contributed by atoms with Gasteiger partial charge in [-0.05, 0) is 54.7 Å². The minimum absolute atomic E-state index is 0.00955. The van der Waals surface area contributed by atoms with Crippen LogP contribution in [0.4, 0.5) is 4.39 Å². The molecule has 0 saturated heterocycles. The van der Waals surface area contributed by atoms with Gasteiger partial charge in [0.15, 0.2) is 11.4 Å². The number of hydrogen-bond donors (Lipinski definition) is 0. The molecule has 29 heavy (non-hydrogen) atoms. The summed E-state index contributed by atoms with van der Waals surface area (Å²) in [6, 6.07) is 14.0. The topological polar surface area (TPSA) is 47.3 Å². The molecule has 5 rings (SSSR count). The smallest absolute Gasteiger partial charge is 0.166 e. The first-order valence-corrected chi connectivity index (χ1v) is 9.81. The van der Waals surface area contributed by atoms with E-state index in [-0.39, 0.29) is 17.5 Å². The summed E-state index contributed by atoms with van der Waals surface area (Å²) in [5.74, 6) is -0.251. The number of benzene rings is 2. The van der Waals surface area contributed by atoms with E-state index >= 15 is 0 Å². The molecule has 0 unspecified atom stereocenters. The van der Waals surface area contributed by atoms with Crippen LogP contribution in [-0.2, 0) is 6.42 Å². The molecule has 1 aliphatic rings. The lowest BCUT2D eigenvalue weighted by molar-refractivity contribution is 0.0962. The summed E-state index contributed by atoms with van der Waals surface area (Å²) >= 11 is 6.03. The number of carbonyl (C=O) groups is 1. The second-order valence-electron chi connectivity index (χ2n) is 7.40. The number of aryl methyl sites for hydroxylation is 1. The first kappa shape index (κ1) is 18.0. The molecular formula is C23H17ClFN3O. The lowest BCUT2D eigenvalue weighted by atomic mass is 9.82. The second-order valence-corrected chi connectivity index (χ2v) is 7.84.